The van der Waals surface area contributed by atoms with E-state index in [1.54, 1.807) is 0 Å². The van der Waals surface area contributed by atoms with Crippen LogP contribution in [0.2, 0.25) is 0 Å². The first-order chi connectivity index (χ1) is 7.55. The summed E-state index contributed by atoms with van der Waals surface area (Å²) >= 11 is 0. The normalized spacial score (nSPS) is 29.8. The maximum atomic E-state index is 11.7. The Balaban J connectivity index is 2.27. The Hall–Kier alpha value is -1.59. The molecule has 6 heteroatoms. The fourth-order valence-corrected chi connectivity index (χ4v) is 2.41. The second kappa shape index (κ2) is 3.47. The van der Waals surface area contributed by atoms with E-state index in [-0.39, 0.29) is 30.8 Å². The zero-order chi connectivity index (χ0) is 11.9. The van der Waals surface area contributed by atoms with Gasteiger partial charge in [-0.2, -0.15) is 0 Å². The minimum atomic E-state index is -1.37. The highest BCUT2D eigenvalue weighted by Gasteiger charge is 2.64. The molecule has 88 valence electrons. The second-order valence-electron chi connectivity index (χ2n) is 4.06. The minimum absolute atomic E-state index is 0.121. The lowest BCUT2D eigenvalue weighted by molar-refractivity contribution is -0.180. The Morgan fingerprint density at radius 1 is 1.25 bits per heavy atom. The summed E-state index contributed by atoms with van der Waals surface area (Å²) in [5.41, 5.74) is -1.37. The molecule has 0 aromatic rings. The van der Waals surface area contributed by atoms with Crippen LogP contribution < -0.4 is 0 Å². The van der Waals surface area contributed by atoms with Crippen LogP contribution in [-0.4, -0.2) is 38.2 Å². The molecule has 6 nitrogen and oxygen atoms in total. The second-order valence-corrected chi connectivity index (χ2v) is 4.06. The smallest absolute Gasteiger partial charge is 0.323 e. The van der Waals surface area contributed by atoms with Crippen LogP contribution >= 0.6 is 0 Å². The average Bonchev–Trinajstić information content (AvgIpc) is 2.61. The lowest BCUT2D eigenvalue weighted by atomic mass is 9.85. The lowest BCUT2D eigenvalue weighted by Gasteiger charge is -2.28. The van der Waals surface area contributed by atoms with Crippen LogP contribution in [0, 0.1) is 11.3 Å². The average molecular weight is 228 g/mol. The van der Waals surface area contributed by atoms with Crippen LogP contribution in [0.5, 0.6) is 0 Å². The van der Waals surface area contributed by atoms with Gasteiger partial charge in [0.2, 0.25) is 0 Å². The molecule has 0 unspecified atom stereocenters. The number of hydrogen-bond acceptors (Lipinski definition) is 6. The molecule has 1 heterocycles. The Morgan fingerprint density at radius 2 is 1.81 bits per heavy atom. The Labute approximate surface area is 91.8 Å². The van der Waals surface area contributed by atoms with Crippen molar-refractivity contribution in [3.8, 4) is 0 Å². The van der Waals surface area contributed by atoms with E-state index in [9.17, 15) is 14.4 Å². The maximum absolute atomic E-state index is 11.7. The van der Waals surface area contributed by atoms with E-state index in [0.717, 1.165) is 0 Å². The van der Waals surface area contributed by atoms with Crippen LogP contribution in [-0.2, 0) is 28.6 Å². The molecule has 1 aliphatic heterocycles. The maximum Gasteiger partial charge on any atom is 0.323 e. The molecule has 1 saturated heterocycles. The van der Waals surface area contributed by atoms with Crippen molar-refractivity contribution in [1.82, 2.24) is 0 Å². The van der Waals surface area contributed by atoms with Crippen LogP contribution in [0.25, 0.3) is 0 Å². The Morgan fingerprint density at radius 3 is 2.19 bits per heavy atom. The highest BCUT2D eigenvalue weighted by molar-refractivity contribution is 6.02. The summed E-state index contributed by atoms with van der Waals surface area (Å²) in [5, 5.41) is 0. The summed E-state index contributed by atoms with van der Waals surface area (Å²) in [6.45, 7) is 0. The molecule has 16 heavy (non-hydrogen) atoms. The van der Waals surface area contributed by atoms with Gasteiger partial charge in [-0.1, -0.05) is 0 Å². The predicted molar refractivity (Wildman–Crippen MR) is 49.1 cm³/mol. The first-order valence-electron chi connectivity index (χ1n) is 4.92. The fraction of sp³-hybridized carbons (Fsp3) is 0.700. The third-order valence-corrected chi connectivity index (χ3v) is 3.29. The van der Waals surface area contributed by atoms with Crippen molar-refractivity contribution in [2.75, 3.05) is 14.2 Å². The zero-order valence-corrected chi connectivity index (χ0v) is 9.02. The number of hydrogen-bond donors (Lipinski definition) is 0. The molecule has 0 bridgehead atoms. The molecule has 1 aliphatic carbocycles. The van der Waals surface area contributed by atoms with Crippen molar-refractivity contribution in [2.24, 2.45) is 11.3 Å². The van der Waals surface area contributed by atoms with E-state index in [0.29, 0.717) is 0 Å². The fourth-order valence-electron chi connectivity index (χ4n) is 2.41. The highest BCUT2D eigenvalue weighted by atomic mass is 16.6. The van der Waals surface area contributed by atoms with Crippen LogP contribution in [0.3, 0.4) is 0 Å². The molecule has 0 aromatic heterocycles. The number of rotatable bonds is 2. The molecule has 2 fully saturated rings. The van der Waals surface area contributed by atoms with Gasteiger partial charge in [0, 0.05) is 6.42 Å². The van der Waals surface area contributed by atoms with E-state index >= 15 is 0 Å². The monoisotopic (exact) mass is 228 g/mol. The molecule has 2 atom stereocenters. The summed E-state index contributed by atoms with van der Waals surface area (Å²) in [6, 6.07) is 0. The summed E-state index contributed by atoms with van der Waals surface area (Å²) in [5.74, 6) is -2.06. The van der Waals surface area contributed by atoms with Crippen molar-refractivity contribution >= 4 is 17.9 Å². The topological polar surface area (TPSA) is 78.9 Å². The molecule has 1 saturated carbocycles. The molecule has 2 rings (SSSR count). The van der Waals surface area contributed by atoms with Gasteiger partial charge in [-0.05, 0) is 6.42 Å². The van der Waals surface area contributed by atoms with E-state index < -0.39 is 17.4 Å². The summed E-state index contributed by atoms with van der Waals surface area (Å²) in [6.07, 6.45) is -0.0794. The number of fused-ring (bicyclic) bond motifs is 1. The van der Waals surface area contributed by atoms with Gasteiger partial charge in [0.15, 0.2) is 5.41 Å². The molecule has 2 aliphatic rings. The van der Waals surface area contributed by atoms with Gasteiger partial charge >= 0.3 is 17.9 Å². The van der Waals surface area contributed by atoms with Crippen molar-refractivity contribution in [3.63, 3.8) is 0 Å². The highest BCUT2D eigenvalue weighted by Crippen LogP contribution is 2.50. The van der Waals surface area contributed by atoms with Gasteiger partial charge in [-0.25, -0.2) is 0 Å². The number of carbonyl (C=O) groups excluding carboxylic acids is 3. The van der Waals surface area contributed by atoms with Crippen LogP contribution in [0.1, 0.15) is 12.8 Å². The largest absolute Gasteiger partial charge is 0.468 e. The summed E-state index contributed by atoms with van der Waals surface area (Å²) in [7, 11) is 2.41. The van der Waals surface area contributed by atoms with Gasteiger partial charge in [0.25, 0.3) is 0 Å². The third kappa shape index (κ3) is 1.22. The first kappa shape index (κ1) is 10.9. The van der Waals surface area contributed by atoms with Gasteiger partial charge < -0.3 is 14.2 Å². The van der Waals surface area contributed by atoms with Gasteiger partial charge in [0.05, 0.1) is 20.1 Å². The molecule has 0 amide bonds. The SMILES string of the molecule is COC(=O)C1(C(=O)OC)C[C@@H]2C(=O)O[C@@H]2C1. The van der Waals surface area contributed by atoms with E-state index in [1.807, 2.05) is 0 Å². The van der Waals surface area contributed by atoms with E-state index in [4.69, 9.17) is 4.74 Å². The van der Waals surface area contributed by atoms with Crippen LogP contribution in [0.15, 0.2) is 0 Å². The van der Waals surface area contributed by atoms with Crippen molar-refractivity contribution in [2.45, 2.75) is 18.9 Å². The van der Waals surface area contributed by atoms with Crippen LogP contribution in [0.4, 0.5) is 0 Å². The quantitative estimate of drug-likeness (QED) is 0.365. The van der Waals surface area contributed by atoms with E-state index in [2.05, 4.69) is 9.47 Å². The zero-order valence-electron chi connectivity index (χ0n) is 9.02. The number of carbonyl (C=O) groups is 3. The Bertz CT molecular complexity index is 344. The number of methoxy groups -OCH3 is 2. The molecule has 0 aromatic carbocycles. The van der Waals surface area contributed by atoms with E-state index in [1.165, 1.54) is 14.2 Å². The molecule has 0 spiro atoms. The van der Waals surface area contributed by atoms with Gasteiger partial charge in [0.1, 0.15) is 6.10 Å². The van der Waals surface area contributed by atoms with Crippen molar-refractivity contribution in [3.05, 3.63) is 0 Å². The Kier molecular flexibility index (Phi) is 2.36. The van der Waals surface area contributed by atoms with Crippen molar-refractivity contribution in [1.29, 1.82) is 0 Å². The number of esters is 3. The first-order valence-corrected chi connectivity index (χ1v) is 4.92. The standard InChI is InChI=1S/C10H12O6/c1-14-8(12)10(9(13)15-2)3-5-6(4-10)16-7(5)11/h5-6H,3-4H2,1-2H3/t5-,6+/m0/s1. The minimum Gasteiger partial charge on any atom is -0.468 e. The predicted octanol–water partition coefficient (Wildman–Crippen LogP) is -0.346. The molecular formula is C10H12O6. The molecule has 0 radical (unpaired) electrons. The van der Waals surface area contributed by atoms with Gasteiger partial charge in [-0.3, -0.25) is 14.4 Å². The van der Waals surface area contributed by atoms with Gasteiger partial charge in [-0.15, -0.1) is 0 Å². The third-order valence-electron chi connectivity index (χ3n) is 3.29. The summed E-state index contributed by atoms with van der Waals surface area (Å²) < 4.78 is 14.1. The lowest BCUT2D eigenvalue weighted by Crippen LogP contribution is -2.40. The van der Waals surface area contributed by atoms with Crippen molar-refractivity contribution < 1.29 is 28.6 Å². The summed E-state index contributed by atoms with van der Waals surface area (Å²) in [4.78, 5) is 34.4. The molecular weight excluding hydrogens is 216 g/mol. The molecule has 0 N–H and O–H groups in total. The number of ether oxygens (including phenoxy) is 3.